The van der Waals surface area contributed by atoms with E-state index in [0.717, 1.165) is 5.56 Å². The molecule has 190 valence electrons. The molecule has 3 aromatic rings. The van der Waals surface area contributed by atoms with E-state index in [9.17, 15) is 18.4 Å². The molecule has 8 nitrogen and oxygen atoms in total. The van der Waals surface area contributed by atoms with Gasteiger partial charge in [-0.05, 0) is 61.0 Å². The van der Waals surface area contributed by atoms with E-state index in [1.807, 2.05) is 6.92 Å². The fourth-order valence-corrected chi connectivity index (χ4v) is 3.28. The SMILES string of the molecule is CCNC(=O)COc1ccc(CNC(=O)c2ccccc2Nc2ccc(OC(F)F)cc2)cc1OC. The third-order valence-corrected chi connectivity index (χ3v) is 4.94. The zero-order valence-corrected chi connectivity index (χ0v) is 19.8. The summed E-state index contributed by atoms with van der Waals surface area (Å²) in [5.74, 6) is 0.343. The Bertz CT molecular complexity index is 1170. The van der Waals surface area contributed by atoms with Crippen molar-refractivity contribution in [2.24, 2.45) is 0 Å². The summed E-state index contributed by atoms with van der Waals surface area (Å²) >= 11 is 0. The molecule has 0 spiro atoms. The molecule has 0 bridgehead atoms. The zero-order chi connectivity index (χ0) is 25.9. The molecule has 0 aliphatic rings. The minimum atomic E-state index is -2.90. The molecule has 36 heavy (non-hydrogen) atoms. The molecule has 3 rings (SSSR count). The number of carbonyl (C=O) groups is 2. The summed E-state index contributed by atoms with van der Waals surface area (Å²) in [5.41, 5.74) is 2.32. The number of alkyl halides is 2. The van der Waals surface area contributed by atoms with Crippen LogP contribution in [0, 0.1) is 0 Å². The Balaban J connectivity index is 1.63. The van der Waals surface area contributed by atoms with E-state index >= 15 is 0 Å². The summed E-state index contributed by atoms with van der Waals surface area (Å²) in [7, 11) is 1.49. The maximum absolute atomic E-state index is 12.9. The van der Waals surface area contributed by atoms with Crippen molar-refractivity contribution < 1.29 is 32.6 Å². The van der Waals surface area contributed by atoms with Crippen molar-refractivity contribution in [3.63, 3.8) is 0 Å². The first kappa shape index (κ1) is 26.3. The van der Waals surface area contributed by atoms with Gasteiger partial charge in [0.1, 0.15) is 5.75 Å². The Kier molecular flexibility index (Phi) is 9.44. The lowest BCUT2D eigenvalue weighted by atomic mass is 10.1. The number of ether oxygens (including phenoxy) is 3. The maximum atomic E-state index is 12.9. The van der Waals surface area contributed by atoms with Crippen LogP contribution in [0.25, 0.3) is 0 Å². The number of para-hydroxylation sites is 1. The molecule has 3 aromatic carbocycles. The quantitative estimate of drug-likeness (QED) is 0.340. The van der Waals surface area contributed by atoms with Crippen molar-refractivity contribution in [3.05, 3.63) is 77.9 Å². The predicted octanol–water partition coefficient (Wildman–Crippen LogP) is 4.49. The van der Waals surface area contributed by atoms with Crippen molar-refractivity contribution in [1.82, 2.24) is 10.6 Å². The van der Waals surface area contributed by atoms with Crippen LogP contribution in [-0.2, 0) is 11.3 Å². The lowest BCUT2D eigenvalue weighted by Gasteiger charge is -2.14. The van der Waals surface area contributed by atoms with Gasteiger partial charge in [0.05, 0.1) is 18.4 Å². The molecule has 0 heterocycles. The fourth-order valence-electron chi connectivity index (χ4n) is 3.28. The molecule has 0 aromatic heterocycles. The van der Waals surface area contributed by atoms with Crippen LogP contribution in [0.3, 0.4) is 0 Å². The third kappa shape index (κ3) is 7.59. The van der Waals surface area contributed by atoms with E-state index in [1.54, 1.807) is 54.6 Å². The van der Waals surface area contributed by atoms with Gasteiger partial charge in [0.2, 0.25) is 0 Å². The standard InChI is InChI=1S/C26H27F2N3O5/c1-3-29-24(32)16-35-22-13-8-17(14-23(22)34-2)15-30-25(33)20-6-4-5-7-21(20)31-18-9-11-19(12-10-18)36-26(27)28/h4-14,26,31H,3,15-16H2,1-2H3,(H,29,32)(H,30,33). The van der Waals surface area contributed by atoms with Crippen LogP contribution in [0.5, 0.6) is 17.2 Å². The minimum absolute atomic E-state index is 0.0395. The smallest absolute Gasteiger partial charge is 0.387 e. The lowest BCUT2D eigenvalue weighted by Crippen LogP contribution is -2.28. The van der Waals surface area contributed by atoms with E-state index in [4.69, 9.17) is 9.47 Å². The number of rotatable bonds is 12. The summed E-state index contributed by atoms with van der Waals surface area (Å²) < 4.78 is 39.9. The Labute approximate surface area is 207 Å². The Hall–Kier alpha value is -4.34. The molecule has 0 atom stereocenters. The van der Waals surface area contributed by atoms with E-state index < -0.39 is 6.61 Å². The normalized spacial score (nSPS) is 10.5. The molecule has 0 unspecified atom stereocenters. The number of hydrogen-bond donors (Lipinski definition) is 3. The van der Waals surface area contributed by atoms with Gasteiger partial charge in [-0.15, -0.1) is 0 Å². The second kappa shape index (κ2) is 12.9. The molecule has 10 heteroatoms. The van der Waals surface area contributed by atoms with Gasteiger partial charge >= 0.3 is 6.61 Å². The summed E-state index contributed by atoms with van der Waals surface area (Å²) in [6, 6.07) is 18.1. The molecule has 2 amide bonds. The van der Waals surface area contributed by atoms with Gasteiger partial charge in [-0.3, -0.25) is 9.59 Å². The van der Waals surface area contributed by atoms with Crippen LogP contribution < -0.4 is 30.2 Å². The summed E-state index contributed by atoms with van der Waals surface area (Å²) in [6.07, 6.45) is 0. The Morgan fingerprint density at radius 3 is 2.39 bits per heavy atom. The van der Waals surface area contributed by atoms with Crippen molar-refractivity contribution >= 4 is 23.2 Å². The Morgan fingerprint density at radius 2 is 1.69 bits per heavy atom. The maximum Gasteiger partial charge on any atom is 0.387 e. The van der Waals surface area contributed by atoms with Gasteiger partial charge in [-0.25, -0.2) is 0 Å². The molecule has 0 radical (unpaired) electrons. The monoisotopic (exact) mass is 499 g/mol. The number of anilines is 2. The summed E-state index contributed by atoms with van der Waals surface area (Å²) in [6.45, 7) is -0.476. The van der Waals surface area contributed by atoms with Crippen LogP contribution >= 0.6 is 0 Å². The Morgan fingerprint density at radius 1 is 0.944 bits per heavy atom. The number of halogens is 2. The summed E-state index contributed by atoms with van der Waals surface area (Å²) in [4.78, 5) is 24.5. The van der Waals surface area contributed by atoms with Crippen LogP contribution in [0.15, 0.2) is 66.7 Å². The number of amides is 2. The van der Waals surface area contributed by atoms with Crippen LogP contribution in [0.1, 0.15) is 22.8 Å². The predicted molar refractivity (Wildman–Crippen MR) is 131 cm³/mol. The first-order valence-electron chi connectivity index (χ1n) is 11.1. The number of benzene rings is 3. The topological polar surface area (TPSA) is 97.9 Å². The third-order valence-electron chi connectivity index (χ3n) is 4.94. The number of carbonyl (C=O) groups excluding carboxylic acids is 2. The van der Waals surface area contributed by atoms with Gasteiger partial charge in [0, 0.05) is 18.8 Å². The first-order valence-corrected chi connectivity index (χ1v) is 11.1. The minimum Gasteiger partial charge on any atom is -0.493 e. The number of hydrogen-bond acceptors (Lipinski definition) is 6. The molecule has 0 saturated carbocycles. The second-order valence-electron chi connectivity index (χ2n) is 7.48. The van der Waals surface area contributed by atoms with Crippen LogP contribution in [0.4, 0.5) is 20.2 Å². The molecule has 3 N–H and O–H groups in total. The van der Waals surface area contributed by atoms with Crippen LogP contribution in [-0.4, -0.2) is 38.7 Å². The van der Waals surface area contributed by atoms with Gasteiger partial charge < -0.3 is 30.2 Å². The van der Waals surface area contributed by atoms with E-state index in [1.165, 1.54) is 19.2 Å². The van der Waals surface area contributed by atoms with Gasteiger partial charge in [0.15, 0.2) is 18.1 Å². The highest BCUT2D eigenvalue weighted by Gasteiger charge is 2.13. The largest absolute Gasteiger partial charge is 0.493 e. The second-order valence-corrected chi connectivity index (χ2v) is 7.48. The molecule has 0 aliphatic heterocycles. The molecule has 0 aliphatic carbocycles. The van der Waals surface area contributed by atoms with Crippen LogP contribution in [0.2, 0.25) is 0 Å². The number of methoxy groups -OCH3 is 1. The van der Waals surface area contributed by atoms with E-state index in [0.29, 0.717) is 35.0 Å². The molecular weight excluding hydrogens is 472 g/mol. The van der Waals surface area contributed by atoms with E-state index in [-0.39, 0.29) is 30.7 Å². The van der Waals surface area contributed by atoms with Crippen molar-refractivity contribution in [1.29, 1.82) is 0 Å². The highest BCUT2D eigenvalue weighted by atomic mass is 19.3. The average Bonchev–Trinajstić information content (AvgIpc) is 2.87. The van der Waals surface area contributed by atoms with Crippen molar-refractivity contribution in [3.8, 4) is 17.2 Å². The summed E-state index contributed by atoms with van der Waals surface area (Å²) in [5, 5.41) is 8.64. The highest BCUT2D eigenvalue weighted by Crippen LogP contribution is 2.28. The molecule has 0 fully saturated rings. The van der Waals surface area contributed by atoms with E-state index in [2.05, 4.69) is 20.7 Å². The molecular formula is C26H27F2N3O5. The highest BCUT2D eigenvalue weighted by molar-refractivity contribution is 6.00. The number of likely N-dealkylation sites (N-methyl/N-ethyl adjacent to an activating group) is 1. The fraction of sp³-hybridized carbons (Fsp3) is 0.231. The van der Waals surface area contributed by atoms with Gasteiger partial charge in [-0.2, -0.15) is 8.78 Å². The first-order chi connectivity index (χ1) is 17.4. The van der Waals surface area contributed by atoms with Gasteiger partial charge in [0.25, 0.3) is 11.8 Å². The van der Waals surface area contributed by atoms with Gasteiger partial charge in [-0.1, -0.05) is 18.2 Å². The molecule has 0 saturated heterocycles. The average molecular weight is 500 g/mol. The lowest BCUT2D eigenvalue weighted by molar-refractivity contribution is -0.123. The number of nitrogens with one attached hydrogen (secondary N) is 3. The van der Waals surface area contributed by atoms with Crippen molar-refractivity contribution in [2.75, 3.05) is 25.6 Å². The van der Waals surface area contributed by atoms with Crippen molar-refractivity contribution in [2.45, 2.75) is 20.1 Å². The zero-order valence-electron chi connectivity index (χ0n) is 19.8.